The fraction of sp³-hybridized carbons (Fsp3) is 0.364. The Morgan fingerprint density at radius 3 is 2.46 bits per heavy atom. The summed E-state index contributed by atoms with van der Waals surface area (Å²) in [7, 11) is 1.61. The third-order valence-corrected chi connectivity index (χ3v) is 9.55. The summed E-state index contributed by atoms with van der Waals surface area (Å²) in [6, 6.07) is 24.5. The molecule has 7 rings (SSSR count). The Balaban J connectivity index is 1.43. The van der Waals surface area contributed by atoms with Crippen molar-refractivity contribution in [1.29, 1.82) is 0 Å². The second-order valence-electron chi connectivity index (χ2n) is 11.3. The molecule has 6 atom stereocenters. The van der Waals surface area contributed by atoms with E-state index in [1.54, 1.807) is 14.0 Å². The Kier molecular flexibility index (Phi) is 6.12. The zero-order chi connectivity index (χ0) is 28.3. The van der Waals surface area contributed by atoms with Crippen LogP contribution in [-0.2, 0) is 24.7 Å². The lowest BCUT2D eigenvalue weighted by molar-refractivity contribution is -0.157. The maximum atomic E-state index is 14.2. The van der Waals surface area contributed by atoms with Crippen LogP contribution in [-0.4, -0.2) is 55.0 Å². The zero-order valence-electron chi connectivity index (χ0n) is 23.2. The quantitative estimate of drug-likeness (QED) is 0.363. The largest absolute Gasteiger partial charge is 0.497 e. The lowest BCUT2D eigenvalue weighted by Crippen LogP contribution is -2.65. The second kappa shape index (κ2) is 9.73. The number of amides is 2. The van der Waals surface area contributed by atoms with Crippen molar-refractivity contribution in [2.45, 2.75) is 43.3 Å². The van der Waals surface area contributed by atoms with E-state index in [1.165, 1.54) is 0 Å². The number of ether oxygens (including phenoxy) is 2. The Hall–Kier alpha value is -4.17. The minimum absolute atomic E-state index is 0.0178. The summed E-state index contributed by atoms with van der Waals surface area (Å²) in [6.45, 7) is 2.69. The topological polar surface area (TPSA) is 88.2 Å². The summed E-state index contributed by atoms with van der Waals surface area (Å²) >= 11 is 0. The molecule has 0 saturated carbocycles. The standard InChI is InChI=1S/C33H33N3O5/c1-3-41-31(38)28-27(25-14-9-19-35(25)33(28)23-12-7-8-13-24(23)34-32(33)39)29-26(20-10-5-4-6-11-20)30(37)36(29)21-15-17-22(40-2)18-16-21/h4-8,10-13,15-18,25-29H,3,9,14,19H2,1-2H3,(H,34,39)/t25?,26-,27+,28+,29-,33+/m1/s1. The average Bonchev–Trinajstić information content (AvgIpc) is 3.66. The van der Waals surface area contributed by atoms with Gasteiger partial charge in [-0.15, -0.1) is 0 Å². The van der Waals surface area contributed by atoms with Crippen LogP contribution < -0.4 is 15.0 Å². The third-order valence-electron chi connectivity index (χ3n) is 9.55. The first-order valence-corrected chi connectivity index (χ1v) is 14.4. The van der Waals surface area contributed by atoms with E-state index in [9.17, 15) is 14.4 Å². The van der Waals surface area contributed by atoms with Crippen molar-refractivity contribution in [3.8, 4) is 5.75 Å². The predicted octanol–water partition coefficient (Wildman–Crippen LogP) is 4.32. The molecule has 4 heterocycles. The molecule has 0 aliphatic carbocycles. The Morgan fingerprint density at radius 1 is 1.00 bits per heavy atom. The number of hydrogen-bond donors (Lipinski definition) is 1. The molecular weight excluding hydrogens is 518 g/mol. The van der Waals surface area contributed by atoms with Crippen molar-refractivity contribution in [2.75, 3.05) is 30.5 Å². The summed E-state index contributed by atoms with van der Waals surface area (Å²) in [6.07, 6.45) is 1.74. The van der Waals surface area contributed by atoms with Crippen molar-refractivity contribution in [3.05, 3.63) is 90.0 Å². The first-order chi connectivity index (χ1) is 20.0. The molecule has 41 heavy (non-hydrogen) atoms. The van der Waals surface area contributed by atoms with E-state index in [4.69, 9.17) is 9.47 Å². The number of rotatable bonds is 6. The van der Waals surface area contributed by atoms with Crippen LogP contribution in [0.25, 0.3) is 0 Å². The van der Waals surface area contributed by atoms with Crippen LogP contribution in [0.1, 0.15) is 36.8 Å². The van der Waals surface area contributed by atoms with E-state index >= 15 is 0 Å². The SMILES string of the molecule is CCOC(=O)[C@@H]1[C@@H]([C@H]2[C@@H](c3ccccc3)C(=O)N2c2ccc(OC)cc2)C2CCCN2[C@]12C(=O)Nc1ccccc12. The molecule has 3 saturated heterocycles. The number of hydrogen-bond acceptors (Lipinski definition) is 6. The van der Waals surface area contributed by atoms with Gasteiger partial charge in [-0.25, -0.2) is 0 Å². The number of esters is 1. The van der Waals surface area contributed by atoms with Gasteiger partial charge in [-0.05, 0) is 62.2 Å². The molecule has 210 valence electrons. The predicted molar refractivity (Wildman–Crippen MR) is 154 cm³/mol. The lowest BCUT2D eigenvalue weighted by Gasteiger charge is -2.52. The maximum Gasteiger partial charge on any atom is 0.312 e. The number of para-hydroxylation sites is 1. The minimum Gasteiger partial charge on any atom is -0.497 e. The average molecular weight is 552 g/mol. The van der Waals surface area contributed by atoms with Gasteiger partial charge in [0.25, 0.3) is 5.91 Å². The molecular formula is C33H33N3O5. The highest BCUT2D eigenvalue weighted by molar-refractivity contribution is 6.10. The van der Waals surface area contributed by atoms with Crippen molar-refractivity contribution in [2.24, 2.45) is 11.8 Å². The van der Waals surface area contributed by atoms with Gasteiger partial charge in [-0.1, -0.05) is 48.5 Å². The van der Waals surface area contributed by atoms with Crippen molar-refractivity contribution in [1.82, 2.24) is 4.90 Å². The highest BCUT2D eigenvalue weighted by Crippen LogP contribution is 2.62. The normalized spacial score (nSPS) is 30.1. The first-order valence-electron chi connectivity index (χ1n) is 14.4. The monoisotopic (exact) mass is 551 g/mol. The van der Waals surface area contributed by atoms with Crippen LogP contribution in [0.2, 0.25) is 0 Å². The molecule has 3 fully saturated rings. The van der Waals surface area contributed by atoms with Crippen LogP contribution in [0.15, 0.2) is 78.9 Å². The maximum absolute atomic E-state index is 14.2. The molecule has 2 amide bonds. The summed E-state index contributed by atoms with van der Waals surface area (Å²) < 4.78 is 11.1. The van der Waals surface area contributed by atoms with Crippen LogP contribution in [0.3, 0.4) is 0 Å². The third kappa shape index (κ3) is 3.53. The van der Waals surface area contributed by atoms with E-state index in [2.05, 4.69) is 10.2 Å². The van der Waals surface area contributed by atoms with Gasteiger partial charge in [-0.2, -0.15) is 0 Å². The molecule has 8 nitrogen and oxygen atoms in total. The lowest BCUT2D eigenvalue weighted by atomic mass is 9.64. The molecule has 0 aromatic heterocycles. The van der Waals surface area contributed by atoms with Gasteiger partial charge in [0.15, 0.2) is 0 Å². The number of nitrogens with zero attached hydrogens (tertiary/aromatic N) is 2. The molecule has 8 heteroatoms. The fourth-order valence-corrected chi connectivity index (χ4v) is 8.10. The number of anilines is 2. The van der Waals surface area contributed by atoms with Crippen molar-refractivity contribution in [3.63, 3.8) is 0 Å². The fourth-order valence-electron chi connectivity index (χ4n) is 8.10. The second-order valence-corrected chi connectivity index (χ2v) is 11.3. The Morgan fingerprint density at radius 2 is 1.73 bits per heavy atom. The van der Waals surface area contributed by atoms with E-state index in [1.807, 2.05) is 83.8 Å². The Bertz CT molecular complexity index is 1510. The summed E-state index contributed by atoms with van der Waals surface area (Å²) in [5.74, 6) is -1.47. The number of fused-ring (bicyclic) bond motifs is 4. The molecule has 3 aromatic carbocycles. The number of methoxy groups -OCH3 is 1. The summed E-state index contributed by atoms with van der Waals surface area (Å²) in [4.78, 5) is 46.4. The molecule has 1 unspecified atom stereocenters. The molecule has 4 aliphatic rings. The highest BCUT2D eigenvalue weighted by atomic mass is 16.5. The van der Waals surface area contributed by atoms with E-state index in [0.29, 0.717) is 12.3 Å². The number of benzene rings is 3. The zero-order valence-corrected chi connectivity index (χ0v) is 23.2. The molecule has 1 spiro atoms. The smallest absolute Gasteiger partial charge is 0.312 e. The van der Waals surface area contributed by atoms with Gasteiger partial charge in [0.1, 0.15) is 11.3 Å². The van der Waals surface area contributed by atoms with Gasteiger partial charge in [0.05, 0.1) is 31.6 Å². The molecule has 4 aliphatic heterocycles. The van der Waals surface area contributed by atoms with E-state index in [0.717, 1.165) is 35.3 Å². The molecule has 1 N–H and O–H groups in total. The van der Waals surface area contributed by atoms with E-state index in [-0.39, 0.29) is 42.4 Å². The molecule has 0 bridgehead atoms. The highest BCUT2D eigenvalue weighted by Gasteiger charge is 2.73. The number of β-lactam (4-membered cyclic amide) rings is 1. The minimum atomic E-state index is -1.19. The van der Waals surface area contributed by atoms with Crippen LogP contribution in [0, 0.1) is 11.8 Å². The van der Waals surface area contributed by atoms with Gasteiger partial charge < -0.3 is 19.7 Å². The number of carbonyl (C=O) groups is 3. The first kappa shape index (κ1) is 25.8. The van der Waals surface area contributed by atoms with Crippen LogP contribution >= 0.6 is 0 Å². The summed E-state index contributed by atoms with van der Waals surface area (Å²) in [5, 5.41) is 3.09. The van der Waals surface area contributed by atoms with E-state index < -0.39 is 17.4 Å². The molecule has 3 aromatic rings. The Labute approximate surface area is 239 Å². The van der Waals surface area contributed by atoms with Crippen LogP contribution in [0.5, 0.6) is 5.75 Å². The van der Waals surface area contributed by atoms with Crippen molar-refractivity contribution >= 4 is 29.2 Å². The van der Waals surface area contributed by atoms with Crippen LogP contribution in [0.4, 0.5) is 11.4 Å². The number of nitrogens with one attached hydrogen (secondary N) is 1. The number of carbonyl (C=O) groups excluding carboxylic acids is 3. The van der Waals surface area contributed by atoms with Gasteiger partial charge >= 0.3 is 5.97 Å². The van der Waals surface area contributed by atoms with Gasteiger partial charge in [0.2, 0.25) is 5.91 Å². The summed E-state index contributed by atoms with van der Waals surface area (Å²) in [5.41, 5.74) is 2.01. The molecule has 0 radical (unpaired) electrons. The van der Waals surface area contributed by atoms with Crippen molar-refractivity contribution < 1.29 is 23.9 Å². The van der Waals surface area contributed by atoms with Gasteiger partial charge in [-0.3, -0.25) is 19.3 Å². The van der Waals surface area contributed by atoms with Gasteiger partial charge in [0, 0.05) is 28.9 Å².